The number of halogens is 3. The Morgan fingerprint density at radius 2 is 1.95 bits per heavy atom. The standard InChI is InChI=1S/C14H17F3N4S/c15-14(16,17)11-5-10(3-4-19-11)21-6-8-1-2-9(7-21)12(8)20-13(18)22/h3-5,8-9,12H,1-2,6-7H2,(H3,18,20,22)/t8-,9?,12?/m0/s1. The van der Waals surface area contributed by atoms with Gasteiger partial charge in [-0.05, 0) is 49.0 Å². The van der Waals surface area contributed by atoms with E-state index in [1.54, 1.807) is 6.07 Å². The van der Waals surface area contributed by atoms with E-state index in [-0.39, 0.29) is 6.04 Å². The van der Waals surface area contributed by atoms with Crippen LogP contribution in [-0.2, 0) is 6.18 Å². The molecule has 1 saturated carbocycles. The summed E-state index contributed by atoms with van der Waals surface area (Å²) in [4.78, 5) is 5.43. The van der Waals surface area contributed by atoms with Crippen molar-refractivity contribution >= 4 is 23.0 Å². The van der Waals surface area contributed by atoms with Gasteiger partial charge in [0.05, 0.1) is 0 Å². The molecule has 0 amide bonds. The molecule has 3 atom stereocenters. The molecule has 3 rings (SSSR count). The summed E-state index contributed by atoms with van der Waals surface area (Å²) in [5.74, 6) is 0.700. The van der Waals surface area contributed by atoms with Gasteiger partial charge in [0.25, 0.3) is 0 Å². The summed E-state index contributed by atoms with van der Waals surface area (Å²) in [6.07, 6.45) is -1.11. The maximum atomic E-state index is 12.8. The highest BCUT2D eigenvalue weighted by Gasteiger charge is 2.42. The fourth-order valence-electron chi connectivity index (χ4n) is 3.60. The predicted octanol–water partition coefficient (Wildman–Crippen LogP) is 2.15. The Kier molecular flexibility index (Phi) is 3.88. The molecule has 3 N–H and O–H groups in total. The van der Waals surface area contributed by atoms with Gasteiger partial charge in [-0.2, -0.15) is 13.2 Å². The molecule has 2 aliphatic rings. The number of alkyl halides is 3. The number of nitrogens with one attached hydrogen (secondary N) is 1. The maximum Gasteiger partial charge on any atom is 0.433 e. The average molecular weight is 330 g/mol. The molecule has 0 aromatic carbocycles. The molecule has 0 radical (unpaired) electrons. The number of nitrogens with two attached hydrogens (primary N) is 1. The third kappa shape index (κ3) is 2.97. The lowest BCUT2D eigenvalue weighted by atomic mass is 9.92. The first-order valence-electron chi connectivity index (χ1n) is 7.19. The monoisotopic (exact) mass is 330 g/mol. The van der Waals surface area contributed by atoms with Crippen molar-refractivity contribution in [2.75, 3.05) is 18.0 Å². The zero-order valence-corrected chi connectivity index (χ0v) is 12.6. The Morgan fingerprint density at radius 1 is 1.32 bits per heavy atom. The molecular weight excluding hydrogens is 313 g/mol. The van der Waals surface area contributed by atoms with Crippen LogP contribution in [0, 0.1) is 11.8 Å². The summed E-state index contributed by atoms with van der Waals surface area (Å²) in [6, 6.07) is 2.99. The molecule has 1 aromatic heterocycles. The Bertz CT molecular complexity index is 563. The van der Waals surface area contributed by atoms with Crippen LogP contribution >= 0.6 is 12.2 Å². The van der Waals surface area contributed by atoms with Crippen LogP contribution in [0.3, 0.4) is 0 Å². The molecule has 1 aliphatic heterocycles. The van der Waals surface area contributed by atoms with Crippen LogP contribution in [-0.4, -0.2) is 29.2 Å². The molecule has 2 bridgehead atoms. The number of aromatic nitrogens is 1. The van der Waals surface area contributed by atoms with Crippen molar-refractivity contribution in [3.05, 3.63) is 24.0 Å². The molecule has 2 fully saturated rings. The maximum absolute atomic E-state index is 12.8. The van der Waals surface area contributed by atoms with Gasteiger partial charge in [-0.3, -0.25) is 4.98 Å². The third-order valence-electron chi connectivity index (χ3n) is 4.54. The minimum absolute atomic E-state index is 0.234. The van der Waals surface area contributed by atoms with E-state index in [0.29, 0.717) is 35.7 Å². The number of hydrogen-bond acceptors (Lipinski definition) is 3. The molecule has 2 unspecified atom stereocenters. The third-order valence-corrected chi connectivity index (χ3v) is 4.66. The van der Waals surface area contributed by atoms with Gasteiger partial charge in [0.1, 0.15) is 5.69 Å². The summed E-state index contributed by atoms with van der Waals surface area (Å²) >= 11 is 4.91. The van der Waals surface area contributed by atoms with Gasteiger partial charge in [0.2, 0.25) is 0 Å². The van der Waals surface area contributed by atoms with E-state index in [0.717, 1.165) is 18.9 Å². The van der Waals surface area contributed by atoms with Gasteiger partial charge in [0, 0.05) is 31.0 Å². The molecule has 4 nitrogen and oxygen atoms in total. The average Bonchev–Trinajstić information content (AvgIpc) is 2.69. The highest BCUT2D eigenvalue weighted by Crippen LogP contribution is 2.39. The number of pyridine rings is 1. The Labute approximate surface area is 131 Å². The van der Waals surface area contributed by atoms with Gasteiger partial charge >= 0.3 is 6.18 Å². The Balaban J connectivity index is 1.77. The number of anilines is 1. The lowest BCUT2D eigenvalue weighted by Crippen LogP contribution is -2.53. The molecule has 1 saturated heterocycles. The number of piperidine rings is 1. The first kappa shape index (κ1) is 15.3. The van der Waals surface area contributed by atoms with E-state index in [1.165, 1.54) is 6.20 Å². The Hall–Kier alpha value is -1.57. The lowest BCUT2D eigenvalue weighted by molar-refractivity contribution is -0.141. The molecule has 1 aliphatic carbocycles. The largest absolute Gasteiger partial charge is 0.433 e. The molecule has 22 heavy (non-hydrogen) atoms. The molecule has 2 heterocycles. The van der Waals surface area contributed by atoms with Crippen LogP contribution in [0.5, 0.6) is 0 Å². The minimum Gasteiger partial charge on any atom is -0.376 e. The van der Waals surface area contributed by atoms with Crippen LogP contribution < -0.4 is 16.0 Å². The Morgan fingerprint density at radius 3 is 2.50 bits per heavy atom. The van der Waals surface area contributed by atoms with E-state index in [1.807, 2.05) is 4.90 Å². The first-order valence-corrected chi connectivity index (χ1v) is 7.59. The quantitative estimate of drug-likeness (QED) is 0.814. The number of hydrogen-bond donors (Lipinski definition) is 2. The van der Waals surface area contributed by atoms with E-state index in [2.05, 4.69) is 10.3 Å². The molecular formula is C14H17F3N4S. The fraction of sp³-hybridized carbons (Fsp3) is 0.571. The number of thiocarbonyl (C=S) groups is 1. The summed E-state index contributed by atoms with van der Waals surface area (Å²) in [6.45, 7) is 1.41. The molecule has 8 heteroatoms. The predicted molar refractivity (Wildman–Crippen MR) is 81.4 cm³/mol. The van der Waals surface area contributed by atoms with E-state index < -0.39 is 11.9 Å². The van der Waals surface area contributed by atoms with Crippen LogP contribution in [0.4, 0.5) is 18.9 Å². The topological polar surface area (TPSA) is 54.2 Å². The van der Waals surface area contributed by atoms with Crippen molar-refractivity contribution in [2.45, 2.75) is 25.1 Å². The smallest absolute Gasteiger partial charge is 0.376 e. The molecule has 120 valence electrons. The SMILES string of the molecule is NC(=S)NC1C2CC[C@H]1CN(c1ccnc(C(F)(F)F)c1)C2. The summed E-state index contributed by atoms with van der Waals surface area (Å²) < 4.78 is 38.4. The zero-order chi connectivity index (χ0) is 15.9. The van der Waals surface area contributed by atoms with Gasteiger partial charge in [-0.1, -0.05) is 0 Å². The first-order chi connectivity index (χ1) is 10.3. The fourth-order valence-corrected chi connectivity index (χ4v) is 3.74. The number of fused-ring (bicyclic) bond motifs is 2. The highest BCUT2D eigenvalue weighted by molar-refractivity contribution is 7.80. The van der Waals surface area contributed by atoms with Gasteiger partial charge in [0.15, 0.2) is 5.11 Å². The van der Waals surface area contributed by atoms with Gasteiger partial charge in [-0.15, -0.1) is 0 Å². The van der Waals surface area contributed by atoms with Crippen molar-refractivity contribution in [1.29, 1.82) is 0 Å². The highest BCUT2D eigenvalue weighted by atomic mass is 32.1. The van der Waals surface area contributed by atoms with E-state index in [9.17, 15) is 13.2 Å². The van der Waals surface area contributed by atoms with Crippen LogP contribution in [0.2, 0.25) is 0 Å². The number of nitrogens with zero attached hydrogens (tertiary/aromatic N) is 2. The van der Waals surface area contributed by atoms with Crippen molar-refractivity contribution in [3.8, 4) is 0 Å². The normalized spacial score (nSPS) is 27.8. The van der Waals surface area contributed by atoms with Crippen LogP contribution in [0.15, 0.2) is 18.3 Å². The van der Waals surface area contributed by atoms with Crippen LogP contribution in [0.1, 0.15) is 18.5 Å². The van der Waals surface area contributed by atoms with Crippen molar-refractivity contribution in [1.82, 2.24) is 10.3 Å². The van der Waals surface area contributed by atoms with Crippen molar-refractivity contribution in [3.63, 3.8) is 0 Å². The number of rotatable bonds is 2. The minimum atomic E-state index is -4.42. The lowest BCUT2D eigenvalue weighted by Gasteiger charge is -2.39. The van der Waals surface area contributed by atoms with Crippen molar-refractivity contribution < 1.29 is 13.2 Å². The van der Waals surface area contributed by atoms with E-state index >= 15 is 0 Å². The van der Waals surface area contributed by atoms with Crippen LogP contribution in [0.25, 0.3) is 0 Å². The van der Waals surface area contributed by atoms with Gasteiger partial charge < -0.3 is 16.0 Å². The van der Waals surface area contributed by atoms with Gasteiger partial charge in [-0.25, -0.2) is 0 Å². The summed E-state index contributed by atoms with van der Waals surface area (Å²) in [5.41, 5.74) is 5.29. The van der Waals surface area contributed by atoms with E-state index in [4.69, 9.17) is 18.0 Å². The second-order valence-corrected chi connectivity index (χ2v) is 6.37. The molecule has 0 spiro atoms. The summed E-state index contributed by atoms with van der Waals surface area (Å²) in [7, 11) is 0. The molecule has 1 aromatic rings. The second kappa shape index (κ2) is 5.57. The summed E-state index contributed by atoms with van der Waals surface area (Å²) in [5, 5.41) is 3.43. The van der Waals surface area contributed by atoms with Crippen molar-refractivity contribution in [2.24, 2.45) is 17.6 Å². The second-order valence-electron chi connectivity index (χ2n) is 5.93. The zero-order valence-electron chi connectivity index (χ0n) is 11.8.